The summed E-state index contributed by atoms with van der Waals surface area (Å²) < 4.78 is 5.18. The number of benzene rings is 1. The Hall–Kier alpha value is -2.60. The Morgan fingerprint density at radius 3 is 3.00 bits per heavy atom. The molecule has 2 heterocycles. The second-order valence-corrected chi connectivity index (χ2v) is 5.94. The SMILES string of the molecule is COc1cccc(CC(=O)Nc2c(-c3ccsc3)n[nH]c2C)c1. The molecule has 1 amide bonds. The summed E-state index contributed by atoms with van der Waals surface area (Å²) in [5.41, 5.74) is 4.24. The average Bonchev–Trinajstić information content (AvgIpc) is 3.18. The van der Waals surface area contributed by atoms with Crippen LogP contribution in [0, 0.1) is 6.92 Å². The fourth-order valence-electron chi connectivity index (χ4n) is 2.34. The standard InChI is InChI=1S/C17H17N3O2S/c1-11-16(17(20-19-11)13-6-7-23-10-13)18-15(21)9-12-4-3-5-14(8-12)22-2/h3-8,10H,9H2,1-2H3,(H,18,21)(H,19,20). The number of H-pyrrole nitrogens is 1. The molecule has 3 rings (SSSR count). The number of rotatable bonds is 5. The molecule has 5 nitrogen and oxygen atoms in total. The Bertz CT molecular complexity index is 809. The monoisotopic (exact) mass is 327 g/mol. The molecule has 23 heavy (non-hydrogen) atoms. The summed E-state index contributed by atoms with van der Waals surface area (Å²) in [5, 5.41) is 14.2. The number of hydrogen-bond acceptors (Lipinski definition) is 4. The van der Waals surface area contributed by atoms with Gasteiger partial charge >= 0.3 is 0 Å². The second kappa shape index (κ2) is 6.66. The second-order valence-electron chi connectivity index (χ2n) is 5.16. The highest BCUT2D eigenvalue weighted by molar-refractivity contribution is 7.08. The van der Waals surface area contributed by atoms with Crippen molar-refractivity contribution in [2.75, 3.05) is 12.4 Å². The van der Waals surface area contributed by atoms with E-state index in [4.69, 9.17) is 4.74 Å². The largest absolute Gasteiger partial charge is 0.497 e. The van der Waals surface area contributed by atoms with E-state index in [1.54, 1.807) is 18.4 Å². The van der Waals surface area contributed by atoms with E-state index in [0.717, 1.165) is 34.0 Å². The van der Waals surface area contributed by atoms with Gasteiger partial charge in [0.05, 0.1) is 24.9 Å². The lowest BCUT2D eigenvalue weighted by Gasteiger charge is -2.07. The lowest BCUT2D eigenvalue weighted by molar-refractivity contribution is -0.115. The minimum Gasteiger partial charge on any atom is -0.497 e. The fourth-order valence-corrected chi connectivity index (χ4v) is 2.98. The molecular weight excluding hydrogens is 310 g/mol. The molecule has 0 fully saturated rings. The molecule has 0 atom stereocenters. The maximum Gasteiger partial charge on any atom is 0.228 e. The van der Waals surface area contributed by atoms with E-state index in [2.05, 4.69) is 15.5 Å². The van der Waals surface area contributed by atoms with Gasteiger partial charge in [-0.1, -0.05) is 12.1 Å². The van der Waals surface area contributed by atoms with Crippen LogP contribution in [-0.4, -0.2) is 23.2 Å². The molecule has 2 N–H and O–H groups in total. The zero-order valence-corrected chi connectivity index (χ0v) is 13.7. The number of thiophene rings is 1. The first kappa shape index (κ1) is 15.3. The number of hydrogen-bond donors (Lipinski definition) is 2. The summed E-state index contributed by atoms with van der Waals surface area (Å²) in [5.74, 6) is 0.660. The van der Waals surface area contributed by atoms with Gasteiger partial charge in [-0.2, -0.15) is 16.4 Å². The summed E-state index contributed by atoms with van der Waals surface area (Å²) in [7, 11) is 1.61. The van der Waals surface area contributed by atoms with Crippen molar-refractivity contribution in [3.8, 4) is 17.0 Å². The molecule has 0 saturated carbocycles. The summed E-state index contributed by atoms with van der Waals surface area (Å²) in [6.45, 7) is 1.89. The van der Waals surface area contributed by atoms with Crippen molar-refractivity contribution in [1.82, 2.24) is 10.2 Å². The van der Waals surface area contributed by atoms with Gasteiger partial charge in [-0.25, -0.2) is 0 Å². The Balaban J connectivity index is 1.77. The van der Waals surface area contributed by atoms with Crippen molar-refractivity contribution in [1.29, 1.82) is 0 Å². The number of carbonyl (C=O) groups is 1. The molecule has 0 aliphatic carbocycles. The van der Waals surface area contributed by atoms with Crippen LogP contribution in [0.2, 0.25) is 0 Å². The number of nitrogens with one attached hydrogen (secondary N) is 2. The first-order valence-electron chi connectivity index (χ1n) is 7.17. The van der Waals surface area contributed by atoms with Crippen molar-refractivity contribution < 1.29 is 9.53 Å². The molecule has 2 aromatic heterocycles. The van der Waals surface area contributed by atoms with Gasteiger partial charge in [0.15, 0.2) is 0 Å². The van der Waals surface area contributed by atoms with Gasteiger partial charge in [0.25, 0.3) is 0 Å². The third-order valence-corrected chi connectivity index (χ3v) is 4.19. The van der Waals surface area contributed by atoms with Gasteiger partial charge in [0.2, 0.25) is 5.91 Å². The van der Waals surface area contributed by atoms with E-state index < -0.39 is 0 Å². The van der Waals surface area contributed by atoms with Crippen LogP contribution < -0.4 is 10.1 Å². The lowest BCUT2D eigenvalue weighted by atomic mass is 10.1. The summed E-state index contributed by atoms with van der Waals surface area (Å²) in [4.78, 5) is 12.4. The maximum atomic E-state index is 12.4. The average molecular weight is 327 g/mol. The van der Waals surface area contributed by atoms with Gasteiger partial charge in [-0.3, -0.25) is 9.89 Å². The highest BCUT2D eigenvalue weighted by Crippen LogP contribution is 2.30. The summed E-state index contributed by atoms with van der Waals surface area (Å²) >= 11 is 1.60. The number of aryl methyl sites for hydroxylation is 1. The van der Waals surface area contributed by atoms with Crippen LogP contribution in [-0.2, 0) is 11.2 Å². The van der Waals surface area contributed by atoms with E-state index in [9.17, 15) is 4.79 Å². The molecule has 3 aromatic rings. The number of carbonyl (C=O) groups excluding carboxylic acids is 1. The number of nitrogens with zero attached hydrogens (tertiary/aromatic N) is 1. The van der Waals surface area contributed by atoms with Crippen LogP contribution >= 0.6 is 11.3 Å². The van der Waals surface area contributed by atoms with Crippen LogP contribution in [0.25, 0.3) is 11.3 Å². The Morgan fingerprint density at radius 2 is 2.26 bits per heavy atom. The molecule has 0 aliphatic rings. The molecule has 0 bridgehead atoms. The third kappa shape index (κ3) is 3.43. The lowest BCUT2D eigenvalue weighted by Crippen LogP contribution is -2.15. The minimum atomic E-state index is -0.0840. The van der Waals surface area contributed by atoms with E-state index in [0.29, 0.717) is 0 Å². The number of methoxy groups -OCH3 is 1. The topological polar surface area (TPSA) is 67.0 Å². The molecule has 0 radical (unpaired) electrons. The number of anilines is 1. The Labute approximate surface area is 138 Å². The Morgan fingerprint density at radius 1 is 1.39 bits per heavy atom. The summed E-state index contributed by atoms with van der Waals surface area (Å²) in [6, 6.07) is 9.49. The molecule has 6 heteroatoms. The Kier molecular flexibility index (Phi) is 4.43. The minimum absolute atomic E-state index is 0.0840. The first-order chi connectivity index (χ1) is 11.2. The van der Waals surface area contributed by atoms with Crippen molar-refractivity contribution in [3.05, 3.63) is 52.3 Å². The van der Waals surface area contributed by atoms with E-state index in [-0.39, 0.29) is 12.3 Å². The fraction of sp³-hybridized carbons (Fsp3) is 0.176. The van der Waals surface area contributed by atoms with Crippen molar-refractivity contribution in [3.63, 3.8) is 0 Å². The molecular formula is C17H17N3O2S. The van der Waals surface area contributed by atoms with Gasteiger partial charge < -0.3 is 10.1 Å². The number of aromatic nitrogens is 2. The number of amides is 1. The van der Waals surface area contributed by atoms with Crippen LogP contribution in [0.3, 0.4) is 0 Å². The summed E-state index contributed by atoms with van der Waals surface area (Å²) in [6.07, 6.45) is 0.283. The highest BCUT2D eigenvalue weighted by Gasteiger charge is 2.15. The molecule has 0 unspecified atom stereocenters. The normalized spacial score (nSPS) is 10.5. The van der Waals surface area contributed by atoms with Crippen LogP contribution in [0.15, 0.2) is 41.1 Å². The van der Waals surface area contributed by atoms with Crippen LogP contribution in [0.4, 0.5) is 5.69 Å². The predicted molar refractivity (Wildman–Crippen MR) is 92.0 cm³/mol. The number of aromatic amines is 1. The van der Waals surface area contributed by atoms with Gasteiger partial charge in [-0.15, -0.1) is 0 Å². The predicted octanol–water partition coefficient (Wildman–Crippen LogP) is 3.64. The molecule has 1 aromatic carbocycles. The molecule has 0 saturated heterocycles. The molecule has 0 aliphatic heterocycles. The number of ether oxygens (including phenoxy) is 1. The zero-order valence-electron chi connectivity index (χ0n) is 12.9. The third-order valence-electron chi connectivity index (χ3n) is 3.51. The van der Waals surface area contributed by atoms with E-state index in [1.165, 1.54) is 0 Å². The van der Waals surface area contributed by atoms with Crippen molar-refractivity contribution in [2.45, 2.75) is 13.3 Å². The van der Waals surface area contributed by atoms with Gasteiger partial charge in [-0.05, 0) is 36.1 Å². The van der Waals surface area contributed by atoms with Crippen LogP contribution in [0.5, 0.6) is 5.75 Å². The van der Waals surface area contributed by atoms with Gasteiger partial charge in [0.1, 0.15) is 11.4 Å². The first-order valence-corrected chi connectivity index (χ1v) is 8.12. The quantitative estimate of drug-likeness (QED) is 0.752. The molecule has 0 spiro atoms. The molecule has 118 valence electrons. The van der Waals surface area contributed by atoms with Crippen LogP contribution in [0.1, 0.15) is 11.3 Å². The van der Waals surface area contributed by atoms with E-state index >= 15 is 0 Å². The smallest absolute Gasteiger partial charge is 0.228 e. The zero-order chi connectivity index (χ0) is 16.2. The van der Waals surface area contributed by atoms with Crippen molar-refractivity contribution in [2.24, 2.45) is 0 Å². The van der Waals surface area contributed by atoms with Gasteiger partial charge in [0, 0.05) is 10.9 Å². The van der Waals surface area contributed by atoms with E-state index in [1.807, 2.05) is 48.0 Å². The van der Waals surface area contributed by atoms with Crippen molar-refractivity contribution >= 4 is 22.9 Å². The maximum absolute atomic E-state index is 12.4. The highest BCUT2D eigenvalue weighted by atomic mass is 32.1.